The molecule has 7 nitrogen and oxygen atoms in total. The van der Waals surface area contributed by atoms with Crippen molar-refractivity contribution in [3.8, 4) is 0 Å². The van der Waals surface area contributed by atoms with Gasteiger partial charge in [0.05, 0.1) is 18.5 Å². The van der Waals surface area contributed by atoms with Crippen LogP contribution in [0.25, 0.3) is 0 Å². The molecule has 138 valence electrons. The van der Waals surface area contributed by atoms with Crippen molar-refractivity contribution in [2.75, 3.05) is 19.7 Å². The fourth-order valence-electron chi connectivity index (χ4n) is 2.33. The number of benzene rings is 1. The summed E-state index contributed by atoms with van der Waals surface area (Å²) < 4.78 is 0. The summed E-state index contributed by atoms with van der Waals surface area (Å²) >= 11 is 0. The van der Waals surface area contributed by atoms with E-state index >= 15 is 0 Å². The van der Waals surface area contributed by atoms with Gasteiger partial charge in [-0.1, -0.05) is 30.3 Å². The first-order valence-electron chi connectivity index (χ1n) is 8.62. The Morgan fingerprint density at radius 1 is 1.12 bits per heavy atom. The zero-order valence-corrected chi connectivity index (χ0v) is 15.1. The van der Waals surface area contributed by atoms with Gasteiger partial charge < -0.3 is 4.90 Å². The van der Waals surface area contributed by atoms with Gasteiger partial charge in [0.1, 0.15) is 5.69 Å². The van der Waals surface area contributed by atoms with Crippen LogP contribution < -0.4 is 5.48 Å². The van der Waals surface area contributed by atoms with E-state index in [4.69, 9.17) is 4.84 Å². The number of hydrogen-bond acceptors (Lipinski definition) is 5. The van der Waals surface area contributed by atoms with Gasteiger partial charge in [-0.15, -0.1) is 0 Å². The van der Waals surface area contributed by atoms with Crippen molar-refractivity contribution in [2.45, 2.75) is 26.7 Å². The number of amides is 2. The molecule has 2 amide bonds. The molecule has 0 saturated carbocycles. The topological polar surface area (TPSA) is 84.4 Å². The van der Waals surface area contributed by atoms with Gasteiger partial charge in [0.25, 0.3) is 5.91 Å². The van der Waals surface area contributed by atoms with Crippen LogP contribution in [0.5, 0.6) is 0 Å². The van der Waals surface area contributed by atoms with E-state index in [1.54, 1.807) is 18.0 Å². The fraction of sp³-hybridized carbons (Fsp3) is 0.368. The summed E-state index contributed by atoms with van der Waals surface area (Å²) in [6, 6.07) is 9.89. The van der Waals surface area contributed by atoms with Crippen LogP contribution in [0, 0.1) is 6.92 Å². The number of nitrogens with one attached hydrogen (secondary N) is 1. The quantitative estimate of drug-likeness (QED) is 0.694. The molecule has 2 rings (SSSR count). The lowest BCUT2D eigenvalue weighted by atomic mass is 10.1. The Bertz CT molecular complexity index is 704. The van der Waals surface area contributed by atoms with Gasteiger partial charge in [-0.2, -0.15) is 0 Å². The molecule has 2 aromatic rings. The molecular weight excluding hydrogens is 332 g/mol. The summed E-state index contributed by atoms with van der Waals surface area (Å²) in [4.78, 5) is 39.3. The highest BCUT2D eigenvalue weighted by Crippen LogP contribution is 2.07. The number of hydrogen-bond donors (Lipinski definition) is 1. The van der Waals surface area contributed by atoms with E-state index in [1.165, 1.54) is 6.20 Å². The molecule has 1 heterocycles. The Morgan fingerprint density at radius 2 is 1.88 bits per heavy atom. The molecule has 1 N–H and O–H groups in total. The molecule has 26 heavy (non-hydrogen) atoms. The van der Waals surface area contributed by atoms with Gasteiger partial charge in [0.15, 0.2) is 0 Å². The van der Waals surface area contributed by atoms with Crippen molar-refractivity contribution >= 4 is 11.8 Å². The van der Waals surface area contributed by atoms with Gasteiger partial charge in [-0.25, -0.2) is 10.5 Å². The van der Waals surface area contributed by atoms with Crippen LogP contribution in [-0.4, -0.2) is 46.4 Å². The van der Waals surface area contributed by atoms with Crippen LogP contribution in [0.15, 0.2) is 42.7 Å². The first-order valence-corrected chi connectivity index (χ1v) is 8.62. The Hall–Kier alpha value is -2.80. The first kappa shape index (κ1) is 19.5. The number of hydroxylamine groups is 1. The molecule has 7 heteroatoms. The Morgan fingerprint density at radius 3 is 2.54 bits per heavy atom. The number of nitrogens with zero attached hydrogens (tertiary/aromatic N) is 3. The lowest BCUT2D eigenvalue weighted by Crippen LogP contribution is -2.37. The molecule has 0 spiro atoms. The molecule has 0 fully saturated rings. The standard InChI is InChI=1S/C19H24N4O3/c1-3-26-22-18(24)10-12-23(11-9-16-7-5-4-6-8-16)19(25)17-14-20-15(2)13-21-17/h4-8,13-14H,3,9-12H2,1-2H3,(H,22,24). The minimum absolute atomic E-state index is 0.153. The number of aryl methyl sites for hydroxylation is 1. The molecule has 0 atom stereocenters. The molecule has 0 saturated heterocycles. The third-order valence-electron chi connectivity index (χ3n) is 3.74. The van der Waals surface area contributed by atoms with Crippen LogP contribution in [0.2, 0.25) is 0 Å². The van der Waals surface area contributed by atoms with Crippen molar-refractivity contribution in [3.05, 3.63) is 59.7 Å². The summed E-state index contributed by atoms with van der Waals surface area (Å²) in [6.45, 7) is 4.75. The van der Waals surface area contributed by atoms with E-state index in [0.717, 1.165) is 11.3 Å². The highest BCUT2D eigenvalue weighted by Gasteiger charge is 2.18. The normalized spacial score (nSPS) is 10.4. The van der Waals surface area contributed by atoms with Crippen LogP contribution in [0.1, 0.15) is 35.1 Å². The smallest absolute Gasteiger partial charge is 0.274 e. The molecule has 1 aromatic heterocycles. The van der Waals surface area contributed by atoms with Crippen molar-refractivity contribution in [3.63, 3.8) is 0 Å². The maximum atomic E-state index is 12.8. The van der Waals surface area contributed by atoms with Crippen LogP contribution >= 0.6 is 0 Å². The zero-order chi connectivity index (χ0) is 18.8. The second kappa shape index (κ2) is 10.2. The van der Waals surface area contributed by atoms with Gasteiger partial charge >= 0.3 is 0 Å². The molecule has 0 aliphatic rings. The lowest BCUT2D eigenvalue weighted by Gasteiger charge is -2.22. The number of aromatic nitrogens is 2. The fourth-order valence-corrected chi connectivity index (χ4v) is 2.33. The van der Waals surface area contributed by atoms with E-state index in [1.807, 2.05) is 37.3 Å². The molecule has 1 aromatic carbocycles. The summed E-state index contributed by atoms with van der Waals surface area (Å²) in [5, 5.41) is 0. The van der Waals surface area contributed by atoms with Crippen molar-refractivity contribution in [1.82, 2.24) is 20.3 Å². The minimum Gasteiger partial charge on any atom is -0.336 e. The maximum absolute atomic E-state index is 12.8. The highest BCUT2D eigenvalue weighted by molar-refractivity contribution is 5.92. The Labute approximate surface area is 153 Å². The molecule has 0 aliphatic heterocycles. The number of carbonyl (C=O) groups is 2. The maximum Gasteiger partial charge on any atom is 0.274 e. The van der Waals surface area contributed by atoms with E-state index < -0.39 is 0 Å². The van der Waals surface area contributed by atoms with E-state index in [-0.39, 0.29) is 30.5 Å². The summed E-state index contributed by atoms with van der Waals surface area (Å²) in [5.74, 6) is -0.503. The van der Waals surface area contributed by atoms with Crippen LogP contribution in [-0.2, 0) is 16.1 Å². The average molecular weight is 356 g/mol. The van der Waals surface area contributed by atoms with E-state index in [9.17, 15) is 9.59 Å². The van der Waals surface area contributed by atoms with E-state index in [0.29, 0.717) is 19.6 Å². The molecule has 0 bridgehead atoms. The van der Waals surface area contributed by atoms with E-state index in [2.05, 4.69) is 15.4 Å². The average Bonchev–Trinajstić information content (AvgIpc) is 2.67. The summed E-state index contributed by atoms with van der Waals surface area (Å²) in [5.41, 5.74) is 4.48. The predicted molar refractivity (Wildman–Crippen MR) is 97.2 cm³/mol. The van der Waals surface area contributed by atoms with Gasteiger partial charge in [-0.3, -0.25) is 19.4 Å². The second-order valence-electron chi connectivity index (χ2n) is 5.78. The molecular formula is C19H24N4O3. The first-order chi connectivity index (χ1) is 12.6. The largest absolute Gasteiger partial charge is 0.336 e. The van der Waals surface area contributed by atoms with Crippen molar-refractivity contribution in [2.24, 2.45) is 0 Å². The van der Waals surface area contributed by atoms with Crippen LogP contribution in [0.3, 0.4) is 0 Å². The van der Waals surface area contributed by atoms with Crippen molar-refractivity contribution in [1.29, 1.82) is 0 Å². The van der Waals surface area contributed by atoms with Gasteiger partial charge in [-0.05, 0) is 25.8 Å². The van der Waals surface area contributed by atoms with Crippen molar-refractivity contribution < 1.29 is 14.4 Å². The van der Waals surface area contributed by atoms with Gasteiger partial charge in [0, 0.05) is 25.7 Å². The molecule has 0 aliphatic carbocycles. The Kier molecular flexibility index (Phi) is 7.70. The predicted octanol–water partition coefficient (Wildman–Crippen LogP) is 1.93. The number of carbonyl (C=O) groups excluding carboxylic acids is 2. The zero-order valence-electron chi connectivity index (χ0n) is 15.1. The number of rotatable bonds is 9. The molecule has 0 radical (unpaired) electrons. The third kappa shape index (κ3) is 6.25. The Balaban J connectivity index is 2.03. The highest BCUT2D eigenvalue weighted by atomic mass is 16.6. The SMILES string of the molecule is CCONC(=O)CCN(CCc1ccccc1)C(=O)c1cnc(C)cn1. The minimum atomic E-state index is -0.264. The lowest BCUT2D eigenvalue weighted by molar-refractivity contribution is -0.133. The third-order valence-corrected chi connectivity index (χ3v) is 3.74. The second-order valence-corrected chi connectivity index (χ2v) is 5.78. The van der Waals surface area contributed by atoms with Gasteiger partial charge in [0.2, 0.25) is 5.91 Å². The summed E-state index contributed by atoms with van der Waals surface area (Å²) in [6.07, 6.45) is 3.87. The monoisotopic (exact) mass is 356 g/mol. The molecule has 0 unspecified atom stereocenters. The summed E-state index contributed by atoms with van der Waals surface area (Å²) in [7, 11) is 0. The van der Waals surface area contributed by atoms with Crippen LogP contribution in [0.4, 0.5) is 0 Å².